The molecule has 0 saturated carbocycles. The second-order valence-electron chi connectivity index (χ2n) is 3.38. The Balaban J connectivity index is 4.01. The van der Waals surface area contributed by atoms with E-state index in [1.54, 1.807) is 0 Å². The highest BCUT2D eigenvalue weighted by molar-refractivity contribution is 5.73. The van der Waals surface area contributed by atoms with Gasteiger partial charge in [-0.05, 0) is 5.92 Å². The van der Waals surface area contributed by atoms with Crippen molar-refractivity contribution >= 4 is 5.97 Å². The smallest absolute Gasteiger partial charge is 0.320 e. The number of carbonyl (C=O) groups is 1. The summed E-state index contributed by atoms with van der Waals surface area (Å²) in [4.78, 5) is 10.6. The van der Waals surface area contributed by atoms with Crippen LogP contribution in [0.4, 0.5) is 0 Å². The molecule has 0 aliphatic rings. The molecule has 3 nitrogen and oxygen atoms in total. The van der Waals surface area contributed by atoms with Crippen LogP contribution in [0.25, 0.3) is 0 Å². The summed E-state index contributed by atoms with van der Waals surface area (Å²) >= 11 is 0. The van der Waals surface area contributed by atoms with Gasteiger partial charge in [0.1, 0.15) is 6.04 Å². The highest BCUT2D eigenvalue weighted by Gasteiger charge is 2.21. The molecule has 0 heterocycles. The molecule has 0 radical (unpaired) electrons. The summed E-state index contributed by atoms with van der Waals surface area (Å²) in [5.41, 5.74) is 0. The lowest BCUT2D eigenvalue weighted by Crippen LogP contribution is -2.44. The summed E-state index contributed by atoms with van der Waals surface area (Å²) in [5.74, 6) is -0.636. The molecule has 0 bridgehead atoms. The fourth-order valence-corrected chi connectivity index (χ4v) is 0.908. The van der Waals surface area contributed by atoms with Crippen molar-refractivity contribution < 1.29 is 9.90 Å². The van der Waals surface area contributed by atoms with Crippen molar-refractivity contribution in [3.63, 3.8) is 0 Å². The molecule has 1 atom stereocenters. The van der Waals surface area contributed by atoms with Crippen molar-refractivity contribution in [1.82, 2.24) is 5.32 Å². The molecule has 0 aliphatic carbocycles. The lowest BCUT2D eigenvalue weighted by Gasteiger charge is -2.20. The van der Waals surface area contributed by atoms with Gasteiger partial charge in [0, 0.05) is 6.04 Å². The van der Waals surface area contributed by atoms with Gasteiger partial charge in [0.05, 0.1) is 0 Å². The third kappa shape index (κ3) is 3.98. The molecule has 0 rings (SSSR count). The SMILES string of the molecule is CC(C)N[C@@H](C(=O)O)C(C)C. The zero-order valence-electron chi connectivity index (χ0n) is 7.59. The van der Waals surface area contributed by atoms with Gasteiger partial charge >= 0.3 is 5.97 Å². The molecule has 0 spiro atoms. The number of aliphatic carboxylic acids is 1. The Morgan fingerprint density at radius 2 is 1.73 bits per heavy atom. The van der Waals surface area contributed by atoms with E-state index in [2.05, 4.69) is 5.32 Å². The average Bonchev–Trinajstić information content (AvgIpc) is 1.81. The molecule has 66 valence electrons. The molecule has 0 aromatic carbocycles. The van der Waals surface area contributed by atoms with Crippen LogP contribution in [-0.2, 0) is 4.79 Å². The number of carboxylic acids is 1. The lowest BCUT2D eigenvalue weighted by atomic mass is 10.0. The molecule has 0 aromatic rings. The highest BCUT2D eigenvalue weighted by Crippen LogP contribution is 2.02. The van der Waals surface area contributed by atoms with Gasteiger partial charge in [-0.1, -0.05) is 27.7 Å². The number of nitrogens with one attached hydrogen (secondary N) is 1. The minimum Gasteiger partial charge on any atom is -0.480 e. The fourth-order valence-electron chi connectivity index (χ4n) is 0.908. The van der Waals surface area contributed by atoms with Gasteiger partial charge in [-0.3, -0.25) is 4.79 Å². The van der Waals surface area contributed by atoms with Crippen molar-refractivity contribution in [1.29, 1.82) is 0 Å². The average molecular weight is 159 g/mol. The second-order valence-corrected chi connectivity index (χ2v) is 3.38. The van der Waals surface area contributed by atoms with Gasteiger partial charge in [-0.2, -0.15) is 0 Å². The molecule has 0 aromatic heterocycles. The van der Waals surface area contributed by atoms with Crippen LogP contribution in [-0.4, -0.2) is 23.2 Å². The topological polar surface area (TPSA) is 49.3 Å². The van der Waals surface area contributed by atoms with E-state index in [9.17, 15) is 4.79 Å². The highest BCUT2D eigenvalue weighted by atomic mass is 16.4. The van der Waals surface area contributed by atoms with Crippen LogP contribution < -0.4 is 5.32 Å². The standard InChI is InChI=1S/C8H17NO2/c1-5(2)7(8(10)11)9-6(3)4/h5-7,9H,1-4H3,(H,10,11)/t7-/m1/s1. The van der Waals surface area contributed by atoms with Crippen LogP contribution in [0.5, 0.6) is 0 Å². The molecule has 11 heavy (non-hydrogen) atoms. The molecular weight excluding hydrogens is 142 g/mol. The molecule has 3 heteroatoms. The molecule has 0 aliphatic heterocycles. The van der Waals surface area contributed by atoms with Crippen LogP contribution in [0.15, 0.2) is 0 Å². The van der Waals surface area contributed by atoms with E-state index in [-0.39, 0.29) is 12.0 Å². The quantitative estimate of drug-likeness (QED) is 0.645. The zero-order chi connectivity index (χ0) is 9.02. The Labute approximate surface area is 67.8 Å². The van der Waals surface area contributed by atoms with Crippen LogP contribution in [0, 0.1) is 5.92 Å². The Hall–Kier alpha value is -0.570. The first-order valence-electron chi connectivity index (χ1n) is 3.94. The summed E-state index contributed by atoms with van der Waals surface area (Å²) in [6, 6.07) is -0.200. The Kier molecular flexibility index (Phi) is 4.11. The van der Waals surface area contributed by atoms with E-state index in [1.165, 1.54) is 0 Å². The maximum atomic E-state index is 10.6. The summed E-state index contributed by atoms with van der Waals surface area (Å²) in [7, 11) is 0. The molecule has 2 N–H and O–H groups in total. The second kappa shape index (κ2) is 4.34. The fraction of sp³-hybridized carbons (Fsp3) is 0.875. The minimum atomic E-state index is -0.770. The number of carboxylic acid groups (broad SMARTS) is 1. The first kappa shape index (κ1) is 10.4. The monoisotopic (exact) mass is 159 g/mol. The van der Waals surface area contributed by atoms with Crippen LogP contribution in [0.3, 0.4) is 0 Å². The van der Waals surface area contributed by atoms with Crippen LogP contribution in [0.2, 0.25) is 0 Å². The first-order valence-corrected chi connectivity index (χ1v) is 3.94. The summed E-state index contributed by atoms with van der Waals surface area (Å²) in [6.45, 7) is 7.68. The third-order valence-corrected chi connectivity index (χ3v) is 1.45. The summed E-state index contributed by atoms with van der Waals surface area (Å²) < 4.78 is 0. The predicted octanol–water partition coefficient (Wildman–Crippen LogP) is 1.09. The van der Waals surface area contributed by atoms with Gasteiger partial charge < -0.3 is 10.4 Å². The van der Waals surface area contributed by atoms with E-state index < -0.39 is 12.0 Å². The molecule has 0 saturated heterocycles. The van der Waals surface area contributed by atoms with Gasteiger partial charge in [0.25, 0.3) is 0 Å². The first-order chi connectivity index (χ1) is 4.95. The number of hydrogen-bond acceptors (Lipinski definition) is 2. The van der Waals surface area contributed by atoms with Crippen molar-refractivity contribution in [2.75, 3.05) is 0 Å². The Morgan fingerprint density at radius 3 is 1.82 bits per heavy atom. The van der Waals surface area contributed by atoms with Gasteiger partial charge in [0.15, 0.2) is 0 Å². The lowest BCUT2D eigenvalue weighted by molar-refractivity contribution is -0.140. The van der Waals surface area contributed by atoms with Gasteiger partial charge in [0.2, 0.25) is 0 Å². The van der Waals surface area contributed by atoms with Crippen molar-refractivity contribution in [3.8, 4) is 0 Å². The summed E-state index contributed by atoms with van der Waals surface area (Å²) in [5, 5.41) is 11.7. The van der Waals surface area contributed by atoms with E-state index in [4.69, 9.17) is 5.11 Å². The Morgan fingerprint density at radius 1 is 1.27 bits per heavy atom. The van der Waals surface area contributed by atoms with Crippen molar-refractivity contribution in [3.05, 3.63) is 0 Å². The predicted molar refractivity (Wildman–Crippen MR) is 44.5 cm³/mol. The van der Waals surface area contributed by atoms with Crippen molar-refractivity contribution in [2.24, 2.45) is 5.92 Å². The molecule has 0 amide bonds. The maximum Gasteiger partial charge on any atom is 0.320 e. The van der Waals surface area contributed by atoms with E-state index >= 15 is 0 Å². The van der Waals surface area contributed by atoms with Crippen molar-refractivity contribution in [2.45, 2.75) is 39.8 Å². The molecule has 0 unspecified atom stereocenters. The maximum absolute atomic E-state index is 10.6. The largest absolute Gasteiger partial charge is 0.480 e. The van der Waals surface area contributed by atoms with Crippen LogP contribution in [0.1, 0.15) is 27.7 Å². The molecular formula is C8H17NO2. The van der Waals surface area contributed by atoms with E-state index in [0.717, 1.165) is 0 Å². The van der Waals surface area contributed by atoms with Crippen LogP contribution >= 0.6 is 0 Å². The van der Waals surface area contributed by atoms with E-state index in [1.807, 2.05) is 27.7 Å². The molecule has 0 fully saturated rings. The van der Waals surface area contributed by atoms with E-state index in [0.29, 0.717) is 0 Å². The summed E-state index contributed by atoms with van der Waals surface area (Å²) in [6.07, 6.45) is 0. The number of rotatable bonds is 4. The zero-order valence-corrected chi connectivity index (χ0v) is 7.59. The normalized spacial score (nSPS) is 14.0. The van der Waals surface area contributed by atoms with Gasteiger partial charge in [-0.25, -0.2) is 0 Å². The third-order valence-electron chi connectivity index (χ3n) is 1.45. The Bertz CT molecular complexity index is 132. The van der Waals surface area contributed by atoms with Gasteiger partial charge in [-0.15, -0.1) is 0 Å². The number of hydrogen-bond donors (Lipinski definition) is 2. The minimum absolute atomic E-state index is 0.134.